The summed E-state index contributed by atoms with van der Waals surface area (Å²) in [6.07, 6.45) is 3.52. The topological polar surface area (TPSA) is 73.6 Å². The van der Waals surface area contributed by atoms with Crippen molar-refractivity contribution in [2.75, 3.05) is 26.8 Å². The summed E-state index contributed by atoms with van der Waals surface area (Å²) >= 11 is 0. The van der Waals surface area contributed by atoms with E-state index < -0.39 is 4.92 Å². The molecule has 1 heterocycles. The van der Waals surface area contributed by atoms with Crippen LogP contribution >= 0.6 is 0 Å². The Hall–Kier alpha value is -1.66. The Morgan fingerprint density at radius 1 is 1.48 bits per heavy atom. The second-order valence-corrected chi connectivity index (χ2v) is 5.32. The zero-order valence-corrected chi connectivity index (χ0v) is 12.3. The third-order valence-corrected chi connectivity index (χ3v) is 3.78. The molecule has 0 bridgehead atoms. The molecule has 0 aliphatic carbocycles. The third-order valence-electron chi connectivity index (χ3n) is 3.78. The first-order valence-corrected chi connectivity index (χ1v) is 7.30. The number of nitro benzene ring substituents is 1. The zero-order chi connectivity index (χ0) is 15.1. The van der Waals surface area contributed by atoms with E-state index in [2.05, 4.69) is 5.32 Å². The van der Waals surface area contributed by atoms with Crippen molar-refractivity contribution < 1.29 is 14.4 Å². The normalized spacial score (nSPS) is 18.4. The van der Waals surface area contributed by atoms with Gasteiger partial charge < -0.3 is 14.8 Å². The maximum Gasteiger partial charge on any atom is 0.311 e. The highest BCUT2D eigenvalue weighted by atomic mass is 16.6. The minimum atomic E-state index is -0.434. The second kappa shape index (κ2) is 7.95. The predicted octanol–water partition coefficient (Wildman–Crippen LogP) is 2.51. The Labute approximate surface area is 124 Å². The number of rotatable bonds is 7. The van der Waals surface area contributed by atoms with Gasteiger partial charge in [0.1, 0.15) is 0 Å². The average Bonchev–Trinajstić information content (AvgIpc) is 2.52. The van der Waals surface area contributed by atoms with Crippen molar-refractivity contribution in [3.8, 4) is 5.75 Å². The number of hydrogen-bond donors (Lipinski definition) is 1. The van der Waals surface area contributed by atoms with Crippen LogP contribution in [0.5, 0.6) is 5.75 Å². The van der Waals surface area contributed by atoms with E-state index in [9.17, 15) is 10.1 Å². The Morgan fingerprint density at radius 3 is 3.00 bits per heavy atom. The van der Waals surface area contributed by atoms with Gasteiger partial charge in [0.15, 0.2) is 5.75 Å². The van der Waals surface area contributed by atoms with Crippen LogP contribution in [-0.2, 0) is 11.3 Å². The average molecular weight is 294 g/mol. The number of nitrogens with one attached hydrogen (secondary N) is 1. The van der Waals surface area contributed by atoms with Gasteiger partial charge >= 0.3 is 5.69 Å². The number of nitrogens with zero attached hydrogens (tertiary/aromatic N) is 1. The Morgan fingerprint density at radius 2 is 2.33 bits per heavy atom. The maximum absolute atomic E-state index is 10.9. The Balaban J connectivity index is 1.80. The molecule has 0 spiro atoms. The number of ether oxygens (including phenoxy) is 2. The van der Waals surface area contributed by atoms with Crippen LogP contribution in [0.4, 0.5) is 5.69 Å². The molecule has 1 aliphatic rings. The molecule has 1 fully saturated rings. The molecule has 1 atom stereocenters. The van der Waals surface area contributed by atoms with Crippen molar-refractivity contribution in [2.24, 2.45) is 5.92 Å². The van der Waals surface area contributed by atoms with E-state index >= 15 is 0 Å². The molecule has 0 amide bonds. The van der Waals surface area contributed by atoms with Gasteiger partial charge in [0.05, 0.1) is 18.6 Å². The summed E-state index contributed by atoms with van der Waals surface area (Å²) in [7, 11) is 1.43. The van der Waals surface area contributed by atoms with Crippen molar-refractivity contribution in [1.82, 2.24) is 5.32 Å². The van der Waals surface area contributed by atoms with E-state index in [4.69, 9.17) is 9.47 Å². The summed E-state index contributed by atoms with van der Waals surface area (Å²) in [4.78, 5) is 10.5. The van der Waals surface area contributed by atoms with Crippen molar-refractivity contribution >= 4 is 5.69 Å². The monoisotopic (exact) mass is 294 g/mol. The molecule has 1 aromatic carbocycles. The fourth-order valence-electron chi connectivity index (χ4n) is 2.58. The fraction of sp³-hybridized carbons (Fsp3) is 0.600. The predicted molar refractivity (Wildman–Crippen MR) is 79.5 cm³/mol. The van der Waals surface area contributed by atoms with Crippen LogP contribution in [0.2, 0.25) is 0 Å². The van der Waals surface area contributed by atoms with Gasteiger partial charge in [-0.3, -0.25) is 10.1 Å². The molecule has 2 rings (SSSR count). The van der Waals surface area contributed by atoms with Crippen LogP contribution in [0, 0.1) is 16.0 Å². The lowest BCUT2D eigenvalue weighted by atomic mass is 9.97. The molecular formula is C15H22N2O4. The van der Waals surface area contributed by atoms with Gasteiger partial charge in [-0.25, -0.2) is 0 Å². The first kappa shape index (κ1) is 15.7. The highest BCUT2D eigenvalue weighted by Crippen LogP contribution is 2.27. The molecule has 1 aliphatic heterocycles. The first-order chi connectivity index (χ1) is 10.2. The number of hydrogen-bond acceptors (Lipinski definition) is 5. The Bertz CT molecular complexity index is 473. The number of nitro groups is 1. The van der Waals surface area contributed by atoms with Crippen LogP contribution in [0.1, 0.15) is 24.8 Å². The summed E-state index contributed by atoms with van der Waals surface area (Å²) in [5.74, 6) is 0.959. The van der Waals surface area contributed by atoms with Crippen LogP contribution in [-0.4, -0.2) is 31.7 Å². The summed E-state index contributed by atoms with van der Waals surface area (Å²) in [5.41, 5.74) is 0.777. The van der Waals surface area contributed by atoms with E-state index in [0.717, 1.165) is 25.1 Å². The quantitative estimate of drug-likeness (QED) is 0.475. The first-order valence-electron chi connectivity index (χ1n) is 7.30. The van der Waals surface area contributed by atoms with E-state index in [1.54, 1.807) is 12.1 Å². The van der Waals surface area contributed by atoms with Gasteiger partial charge in [-0.1, -0.05) is 6.07 Å². The molecule has 6 heteroatoms. The van der Waals surface area contributed by atoms with Gasteiger partial charge in [0.25, 0.3) is 0 Å². The lowest BCUT2D eigenvalue weighted by Crippen LogP contribution is -2.30. The molecule has 116 valence electrons. The molecule has 0 aromatic heterocycles. The van der Waals surface area contributed by atoms with Crippen LogP contribution < -0.4 is 10.1 Å². The van der Waals surface area contributed by atoms with E-state index in [0.29, 0.717) is 19.1 Å². The third kappa shape index (κ3) is 4.68. The van der Waals surface area contributed by atoms with Gasteiger partial charge in [0, 0.05) is 12.7 Å². The summed E-state index contributed by atoms with van der Waals surface area (Å²) in [6.45, 7) is 3.27. The molecule has 0 saturated carbocycles. The van der Waals surface area contributed by atoms with Gasteiger partial charge in [0.2, 0.25) is 0 Å². The zero-order valence-electron chi connectivity index (χ0n) is 12.3. The van der Waals surface area contributed by atoms with Crippen LogP contribution in [0.15, 0.2) is 18.2 Å². The fourth-order valence-corrected chi connectivity index (χ4v) is 2.58. The number of piperidine rings is 1. The Kier molecular flexibility index (Phi) is 5.95. The number of methoxy groups -OCH3 is 1. The van der Waals surface area contributed by atoms with Gasteiger partial charge in [-0.15, -0.1) is 0 Å². The van der Waals surface area contributed by atoms with Crippen LogP contribution in [0.25, 0.3) is 0 Å². The molecule has 6 nitrogen and oxygen atoms in total. The van der Waals surface area contributed by atoms with Crippen molar-refractivity contribution in [1.29, 1.82) is 0 Å². The molecule has 1 unspecified atom stereocenters. The lowest BCUT2D eigenvalue weighted by Gasteiger charge is -2.22. The van der Waals surface area contributed by atoms with Gasteiger partial charge in [-0.05, 0) is 49.9 Å². The molecule has 0 radical (unpaired) electrons. The van der Waals surface area contributed by atoms with Crippen LogP contribution in [0.3, 0.4) is 0 Å². The van der Waals surface area contributed by atoms with Gasteiger partial charge in [-0.2, -0.15) is 0 Å². The minimum Gasteiger partial charge on any atom is -0.490 e. The lowest BCUT2D eigenvalue weighted by molar-refractivity contribution is -0.385. The standard InChI is InChI=1S/C15H22N2O4/c1-20-15-5-4-13(9-14(15)17(18)19)11-21-8-6-12-3-2-7-16-10-12/h4-5,9,12,16H,2-3,6-8,10-11H2,1H3. The number of benzene rings is 1. The van der Waals surface area contributed by atoms with E-state index in [1.807, 2.05) is 0 Å². The molecule has 21 heavy (non-hydrogen) atoms. The van der Waals surface area contributed by atoms with Crippen molar-refractivity contribution in [3.05, 3.63) is 33.9 Å². The molecular weight excluding hydrogens is 272 g/mol. The summed E-state index contributed by atoms with van der Waals surface area (Å²) in [5, 5.41) is 14.3. The van der Waals surface area contributed by atoms with Crippen molar-refractivity contribution in [2.45, 2.75) is 25.9 Å². The van der Waals surface area contributed by atoms with E-state index in [1.165, 1.54) is 26.0 Å². The SMILES string of the molecule is COc1ccc(COCCC2CCCNC2)cc1[N+](=O)[O-]. The summed E-state index contributed by atoms with van der Waals surface area (Å²) < 4.78 is 10.6. The molecule has 1 N–H and O–H groups in total. The maximum atomic E-state index is 10.9. The van der Waals surface area contributed by atoms with Crippen molar-refractivity contribution in [3.63, 3.8) is 0 Å². The largest absolute Gasteiger partial charge is 0.490 e. The molecule has 1 aromatic rings. The second-order valence-electron chi connectivity index (χ2n) is 5.32. The smallest absolute Gasteiger partial charge is 0.311 e. The van der Waals surface area contributed by atoms with E-state index in [-0.39, 0.29) is 11.4 Å². The highest BCUT2D eigenvalue weighted by Gasteiger charge is 2.15. The summed E-state index contributed by atoms with van der Waals surface area (Å²) in [6, 6.07) is 4.93. The molecule has 1 saturated heterocycles. The highest BCUT2D eigenvalue weighted by molar-refractivity contribution is 5.48. The minimum absolute atomic E-state index is 0.0184.